The molecule has 0 radical (unpaired) electrons. The first-order valence-electron chi connectivity index (χ1n) is 7.49. The average molecular weight is 314 g/mol. The van der Waals surface area contributed by atoms with Crippen LogP contribution in [0.2, 0.25) is 5.02 Å². The summed E-state index contributed by atoms with van der Waals surface area (Å²) in [7, 11) is 0. The molecule has 0 spiro atoms. The van der Waals surface area contributed by atoms with Gasteiger partial charge in [-0.1, -0.05) is 36.9 Å². The van der Waals surface area contributed by atoms with Crippen LogP contribution in [0.4, 0.5) is 4.39 Å². The van der Waals surface area contributed by atoms with Crippen LogP contribution in [0.3, 0.4) is 0 Å². The number of esters is 1. The van der Waals surface area contributed by atoms with Gasteiger partial charge in [0.05, 0.1) is 6.61 Å². The minimum Gasteiger partial charge on any atom is -0.465 e. The molecule has 116 valence electrons. The molecule has 1 aromatic rings. The summed E-state index contributed by atoms with van der Waals surface area (Å²) in [5.74, 6) is -0.923. The van der Waals surface area contributed by atoms with Crippen LogP contribution in [0, 0.1) is 5.82 Å². The van der Waals surface area contributed by atoms with Gasteiger partial charge in [-0.25, -0.2) is 9.18 Å². The Morgan fingerprint density at radius 3 is 2.76 bits per heavy atom. The van der Waals surface area contributed by atoms with E-state index in [1.165, 1.54) is 12.5 Å². The van der Waals surface area contributed by atoms with Crippen molar-refractivity contribution in [3.05, 3.63) is 34.6 Å². The topological polar surface area (TPSA) is 38.3 Å². The fourth-order valence-electron chi connectivity index (χ4n) is 2.75. The second kappa shape index (κ2) is 7.76. The Morgan fingerprint density at radius 2 is 2.14 bits per heavy atom. The Hall–Kier alpha value is -1.13. The van der Waals surface area contributed by atoms with Crippen molar-refractivity contribution in [2.45, 2.75) is 51.1 Å². The molecule has 3 nitrogen and oxygen atoms in total. The van der Waals surface area contributed by atoms with E-state index in [-0.39, 0.29) is 12.6 Å². The minimum atomic E-state index is -0.773. The number of hydrogen-bond acceptors (Lipinski definition) is 3. The number of ether oxygens (including phenoxy) is 1. The molecule has 21 heavy (non-hydrogen) atoms. The van der Waals surface area contributed by atoms with E-state index in [0.717, 1.165) is 25.7 Å². The first-order valence-corrected chi connectivity index (χ1v) is 7.87. The number of halogens is 2. The molecule has 0 saturated heterocycles. The van der Waals surface area contributed by atoms with Gasteiger partial charge in [0, 0.05) is 16.6 Å². The highest BCUT2D eigenvalue weighted by Crippen LogP contribution is 2.25. The monoisotopic (exact) mass is 313 g/mol. The Bertz CT molecular complexity index is 489. The second-order valence-corrected chi connectivity index (χ2v) is 5.79. The summed E-state index contributed by atoms with van der Waals surface area (Å²) in [6.45, 7) is 2.02. The molecule has 1 atom stereocenters. The van der Waals surface area contributed by atoms with E-state index < -0.39 is 17.8 Å². The van der Waals surface area contributed by atoms with Gasteiger partial charge in [-0.05, 0) is 31.9 Å². The molecule has 0 amide bonds. The van der Waals surface area contributed by atoms with E-state index in [4.69, 9.17) is 16.3 Å². The van der Waals surface area contributed by atoms with E-state index in [1.807, 2.05) is 0 Å². The van der Waals surface area contributed by atoms with Gasteiger partial charge in [0.15, 0.2) is 0 Å². The lowest BCUT2D eigenvalue weighted by atomic mass is 9.94. The molecule has 1 aliphatic rings. The van der Waals surface area contributed by atoms with Gasteiger partial charge >= 0.3 is 5.97 Å². The average Bonchev–Trinajstić information content (AvgIpc) is 2.47. The Balaban J connectivity index is 2.19. The fourth-order valence-corrected chi connectivity index (χ4v) is 2.91. The third kappa shape index (κ3) is 4.42. The van der Waals surface area contributed by atoms with Gasteiger partial charge in [0.2, 0.25) is 0 Å². The van der Waals surface area contributed by atoms with Crippen LogP contribution in [-0.2, 0) is 9.53 Å². The van der Waals surface area contributed by atoms with Crippen molar-refractivity contribution >= 4 is 17.6 Å². The zero-order chi connectivity index (χ0) is 15.2. The SMILES string of the molecule is CCOC(=O)C(NC1CCCCC1)c1ccc(Cl)cc1F. The van der Waals surface area contributed by atoms with Crippen LogP contribution in [0.5, 0.6) is 0 Å². The third-order valence-corrected chi connectivity index (χ3v) is 4.04. The molecule has 1 N–H and O–H groups in total. The molecular formula is C16H21ClFNO2. The predicted molar refractivity (Wildman–Crippen MR) is 80.8 cm³/mol. The Morgan fingerprint density at radius 1 is 1.43 bits per heavy atom. The number of carbonyl (C=O) groups is 1. The van der Waals surface area contributed by atoms with Crippen LogP contribution in [0.25, 0.3) is 0 Å². The molecule has 0 aromatic heterocycles. The number of benzene rings is 1. The quantitative estimate of drug-likeness (QED) is 0.835. The normalized spacial score (nSPS) is 17.5. The van der Waals surface area contributed by atoms with Crippen molar-refractivity contribution in [1.82, 2.24) is 5.32 Å². The number of hydrogen-bond donors (Lipinski definition) is 1. The van der Waals surface area contributed by atoms with Gasteiger partial charge in [0.25, 0.3) is 0 Å². The second-order valence-electron chi connectivity index (χ2n) is 5.35. The molecule has 5 heteroatoms. The van der Waals surface area contributed by atoms with E-state index in [9.17, 15) is 9.18 Å². The fraction of sp³-hybridized carbons (Fsp3) is 0.562. The summed E-state index contributed by atoms with van der Waals surface area (Å²) >= 11 is 5.78. The van der Waals surface area contributed by atoms with Crippen molar-refractivity contribution in [2.24, 2.45) is 0 Å². The first kappa shape index (κ1) is 16.2. The van der Waals surface area contributed by atoms with Crippen LogP contribution in [-0.4, -0.2) is 18.6 Å². The van der Waals surface area contributed by atoms with Gasteiger partial charge in [-0.2, -0.15) is 0 Å². The summed E-state index contributed by atoms with van der Waals surface area (Å²) < 4.78 is 19.2. The maximum Gasteiger partial charge on any atom is 0.327 e. The van der Waals surface area contributed by atoms with E-state index in [0.29, 0.717) is 10.6 Å². The Labute approximate surface area is 129 Å². The van der Waals surface area contributed by atoms with Crippen molar-refractivity contribution < 1.29 is 13.9 Å². The maximum absolute atomic E-state index is 14.1. The first-order chi connectivity index (χ1) is 10.1. The smallest absolute Gasteiger partial charge is 0.327 e. The van der Waals surface area contributed by atoms with E-state index in [1.54, 1.807) is 19.1 Å². The van der Waals surface area contributed by atoms with Gasteiger partial charge < -0.3 is 4.74 Å². The zero-order valence-electron chi connectivity index (χ0n) is 12.2. The van der Waals surface area contributed by atoms with Crippen LogP contribution >= 0.6 is 11.6 Å². The summed E-state index contributed by atoms with van der Waals surface area (Å²) in [6.07, 6.45) is 5.50. The summed E-state index contributed by atoms with van der Waals surface area (Å²) in [6, 6.07) is 3.82. The van der Waals surface area contributed by atoms with Crippen LogP contribution < -0.4 is 5.32 Å². The van der Waals surface area contributed by atoms with Crippen molar-refractivity contribution in [1.29, 1.82) is 0 Å². The van der Waals surface area contributed by atoms with Crippen LogP contribution in [0.15, 0.2) is 18.2 Å². The van der Waals surface area contributed by atoms with Crippen LogP contribution in [0.1, 0.15) is 50.6 Å². The highest BCUT2D eigenvalue weighted by Gasteiger charge is 2.28. The van der Waals surface area contributed by atoms with Crippen molar-refractivity contribution in [3.8, 4) is 0 Å². The van der Waals surface area contributed by atoms with Gasteiger partial charge in [0.1, 0.15) is 11.9 Å². The third-order valence-electron chi connectivity index (χ3n) is 3.80. The lowest BCUT2D eigenvalue weighted by Gasteiger charge is -2.27. The molecular weight excluding hydrogens is 293 g/mol. The predicted octanol–water partition coefficient (Wildman–Crippen LogP) is 4.01. The number of carbonyl (C=O) groups excluding carboxylic acids is 1. The molecule has 0 bridgehead atoms. The van der Waals surface area contributed by atoms with Gasteiger partial charge in [-0.15, -0.1) is 0 Å². The lowest BCUT2D eigenvalue weighted by Crippen LogP contribution is -2.39. The highest BCUT2D eigenvalue weighted by atomic mass is 35.5. The zero-order valence-corrected chi connectivity index (χ0v) is 13.0. The largest absolute Gasteiger partial charge is 0.465 e. The maximum atomic E-state index is 14.1. The van der Waals surface area contributed by atoms with Crippen molar-refractivity contribution in [2.75, 3.05) is 6.61 Å². The molecule has 1 unspecified atom stereocenters. The Kier molecular flexibility index (Phi) is 6.00. The van der Waals surface area contributed by atoms with E-state index >= 15 is 0 Å². The summed E-state index contributed by atoms with van der Waals surface area (Å²) in [5, 5.41) is 3.58. The molecule has 1 fully saturated rings. The molecule has 1 aliphatic carbocycles. The van der Waals surface area contributed by atoms with Crippen molar-refractivity contribution in [3.63, 3.8) is 0 Å². The lowest BCUT2D eigenvalue weighted by molar-refractivity contribution is -0.146. The number of nitrogens with one attached hydrogen (secondary N) is 1. The van der Waals surface area contributed by atoms with E-state index in [2.05, 4.69) is 5.32 Å². The highest BCUT2D eigenvalue weighted by molar-refractivity contribution is 6.30. The number of rotatable bonds is 5. The minimum absolute atomic E-state index is 0.225. The standard InChI is InChI=1S/C16H21ClFNO2/c1-2-21-16(20)15(19-12-6-4-3-5-7-12)13-9-8-11(17)10-14(13)18/h8-10,12,15,19H,2-7H2,1H3. The molecule has 1 saturated carbocycles. The molecule has 0 heterocycles. The molecule has 0 aliphatic heterocycles. The summed E-state index contributed by atoms with van der Waals surface area (Å²) in [4.78, 5) is 12.2. The molecule has 1 aromatic carbocycles. The summed E-state index contributed by atoms with van der Waals surface area (Å²) in [5.41, 5.74) is 0.295. The molecule has 2 rings (SSSR count). The van der Waals surface area contributed by atoms with Gasteiger partial charge in [-0.3, -0.25) is 5.32 Å².